The van der Waals surface area contributed by atoms with E-state index in [0.717, 1.165) is 50.5 Å². The minimum atomic E-state index is -5.08. The third-order valence-electron chi connectivity index (χ3n) is 4.57. The van der Waals surface area contributed by atoms with E-state index in [1.165, 1.54) is 0 Å². The number of aromatic nitrogens is 2. The first kappa shape index (κ1) is 22.7. The molecule has 0 unspecified atom stereocenters. The van der Waals surface area contributed by atoms with Gasteiger partial charge >= 0.3 is 17.8 Å². The minimum absolute atomic E-state index is 0.0326. The molecule has 1 aliphatic heterocycles. The molecule has 0 atom stereocenters. The van der Waals surface area contributed by atoms with E-state index in [2.05, 4.69) is 51.6 Å². The zero-order valence-electron chi connectivity index (χ0n) is 15.2. The summed E-state index contributed by atoms with van der Waals surface area (Å²) < 4.78 is 35.1. The highest BCUT2D eigenvalue weighted by Gasteiger charge is 2.38. The highest BCUT2D eigenvalue weighted by atomic mass is 79.9. The van der Waals surface area contributed by atoms with Crippen molar-refractivity contribution in [2.45, 2.75) is 25.1 Å². The number of halogens is 5. The summed E-state index contributed by atoms with van der Waals surface area (Å²) in [6, 6.07) is 2.33. The van der Waals surface area contributed by atoms with Crippen LogP contribution in [-0.2, 0) is 4.79 Å². The molecule has 2 fully saturated rings. The number of nitro benzene ring substituents is 1. The third-order valence-corrected chi connectivity index (χ3v) is 6.53. The van der Waals surface area contributed by atoms with E-state index in [9.17, 15) is 23.3 Å². The number of alkyl halides is 3. The highest BCUT2D eigenvalue weighted by molar-refractivity contribution is 9.13. The Morgan fingerprint density at radius 3 is 2.33 bits per heavy atom. The molecule has 2 aliphatic rings. The van der Waals surface area contributed by atoms with Crippen molar-refractivity contribution in [1.82, 2.24) is 14.9 Å². The number of anilines is 1. The zero-order chi connectivity index (χ0) is 22.2. The summed E-state index contributed by atoms with van der Waals surface area (Å²) in [5.74, 6) is -1.90. The Hall–Kier alpha value is -1.93. The lowest BCUT2D eigenvalue weighted by Gasteiger charge is -2.28. The van der Waals surface area contributed by atoms with Crippen LogP contribution in [0.5, 0.6) is 0 Å². The fraction of sp³-hybridized carbons (Fsp3) is 0.500. The van der Waals surface area contributed by atoms with Gasteiger partial charge in [0, 0.05) is 36.7 Å². The number of benzene rings is 1. The van der Waals surface area contributed by atoms with Crippen LogP contribution in [0.4, 0.5) is 24.8 Å². The molecule has 1 saturated carbocycles. The number of carbonyl (C=O) groups is 1. The maximum absolute atomic E-state index is 11.6. The lowest BCUT2D eigenvalue weighted by molar-refractivity contribution is -0.384. The SMILES string of the molecule is O=C(O)C(F)(F)F.O=[N+]([O-])c1c(Br)c(Br)cc2c1nc(N1CCNCC1)n2C1CC1. The van der Waals surface area contributed by atoms with E-state index in [-0.39, 0.29) is 10.6 Å². The topological polar surface area (TPSA) is 114 Å². The molecule has 2 aromatic rings. The van der Waals surface area contributed by atoms with Crippen LogP contribution < -0.4 is 10.2 Å². The molecule has 1 aliphatic carbocycles. The number of hydrogen-bond acceptors (Lipinski definition) is 6. The Bertz CT molecular complexity index is 988. The molecular formula is C16H16Br2F3N5O4. The first-order valence-corrected chi connectivity index (χ1v) is 10.4. The van der Waals surface area contributed by atoms with Crippen LogP contribution in [0.2, 0.25) is 0 Å². The Balaban J connectivity index is 0.000000318. The number of nitrogens with zero attached hydrogens (tertiary/aromatic N) is 4. The second-order valence-electron chi connectivity index (χ2n) is 6.70. The Morgan fingerprint density at radius 2 is 1.87 bits per heavy atom. The summed E-state index contributed by atoms with van der Waals surface area (Å²) in [6.07, 6.45) is -2.88. The number of nitro groups is 1. The van der Waals surface area contributed by atoms with E-state index >= 15 is 0 Å². The van der Waals surface area contributed by atoms with Crippen molar-refractivity contribution in [3.8, 4) is 0 Å². The quantitative estimate of drug-likeness (QED) is 0.434. The number of carboxylic acids is 1. The first-order valence-electron chi connectivity index (χ1n) is 8.82. The molecule has 14 heteroatoms. The van der Waals surface area contributed by atoms with Crippen molar-refractivity contribution in [2.75, 3.05) is 31.1 Å². The van der Waals surface area contributed by atoms with Gasteiger partial charge in [-0.25, -0.2) is 9.78 Å². The molecule has 0 bridgehead atoms. The van der Waals surface area contributed by atoms with Gasteiger partial charge in [-0.2, -0.15) is 13.2 Å². The van der Waals surface area contributed by atoms with Crippen LogP contribution in [0.1, 0.15) is 18.9 Å². The maximum atomic E-state index is 11.6. The molecule has 1 saturated heterocycles. The van der Waals surface area contributed by atoms with Gasteiger partial charge < -0.3 is 19.9 Å². The molecule has 1 aromatic carbocycles. The smallest absolute Gasteiger partial charge is 0.475 e. The van der Waals surface area contributed by atoms with Gasteiger partial charge in [-0.1, -0.05) is 0 Å². The molecule has 2 N–H and O–H groups in total. The predicted octanol–water partition coefficient (Wildman–Crippen LogP) is 3.85. The number of rotatable bonds is 3. The first-order chi connectivity index (χ1) is 14.0. The molecule has 30 heavy (non-hydrogen) atoms. The lowest BCUT2D eigenvalue weighted by atomic mass is 10.2. The molecular weight excluding hydrogens is 543 g/mol. The molecule has 0 radical (unpaired) electrons. The van der Waals surface area contributed by atoms with Crippen molar-refractivity contribution in [3.63, 3.8) is 0 Å². The van der Waals surface area contributed by atoms with E-state index in [0.29, 0.717) is 20.5 Å². The van der Waals surface area contributed by atoms with Gasteiger partial charge in [0.15, 0.2) is 5.52 Å². The maximum Gasteiger partial charge on any atom is 0.490 e. The normalized spacial score (nSPS) is 16.9. The van der Waals surface area contributed by atoms with Crippen molar-refractivity contribution >= 4 is 60.5 Å². The second-order valence-corrected chi connectivity index (χ2v) is 8.35. The van der Waals surface area contributed by atoms with Crippen LogP contribution in [0.25, 0.3) is 11.0 Å². The summed E-state index contributed by atoms with van der Waals surface area (Å²) in [5, 5.41) is 22.0. The van der Waals surface area contributed by atoms with Gasteiger partial charge in [0.2, 0.25) is 5.95 Å². The van der Waals surface area contributed by atoms with Gasteiger partial charge in [-0.15, -0.1) is 0 Å². The molecule has 164 valence electrons. The lowest BCUT2D eigenvalue weighted by Crippen LogP contribution is -2.44. The predicted molar refractivity (Wildman–Crippen MR) is 109 cm³/mol. The number of carboxylic acid groups (broad SMARTS) is 1. The molecule has 0 amide bonds. The van der Waals surface area contributed by atoms with Crippen LogP contribution in [0.15, 0.2) is 15.0 Å². The van der Waals surface area contributed by atoms with Gasteiger partial charge in [0.05, 0.1) is 10.4 Å². The number of nitrogens with one attached hydrogen (secondary N) is 1. The molecule has 4 rings (SSSR count). The Morgan fingerprint density at radius 1 is 1.30 bits per heavy atom. The van der Waals surface area contributed by atoms with Crippen molar-refractivity contribution in [2.24, 2.45) is 0 Å². The summed E-state index contributed by atoms with van der Waals surface area (Å²) in [4.78, 5) is 27.0. The largest absolute Gasteiger partial charge is 0.490 e. The van der Waals surface area contributed by atoms with E-state index < -0.39 is 12.1 Å². The van der Waals surface area contributed by atoms with Gasteiger partial charge in [-0.05, 0) is 50.8 Å². The highest BCUT2D eigenvalue weighted by Crippen LogP contribution is 2.46. The molecule has 9 nitrogen and oxygen atoms in total. The molecule has 2 heterocycles. The molecule has 1 aromatic heterocycles. The van der Waals surface area contributed by atoms with Crippen molar-refractivity contribution in [1.29, 1.82) is 0 Å². The van der Waals surface area contributed by atoms with Gasteiger partial charge in [-0.3, -0.25) is 10.1 Å². The summed E-state index contributed by atoms with van der Waals surface area (Å²) in [7, 11) is 0. The summed E-state index contributed by atoms with van der Waals surface area (Å²) >= 11 is 6.75. The van der Waals surface area contributed by atoms with Crippen LogP contribution in [0, 0.1) is 10.1 Å². The van der Waals surface area contributed by atoms with Crippen molar-refractivity contribution < 1.29 is 28.0 Å². The van der Waals surface area contributed by atoms with Crippen LogP contribution in [-0.4, -0.2) is 57.9 Å². The minimum Gasteiger partial charge on any atom is -0.475 e. The standard InChI is InChI=1S/C14H15Br2N5O2.C2HF3O2/c15-9-7-10-12(13(11(9)16)21(22)23)18-14(20(10)8-1-2-8)19-5-3-17-4-6-19;3-2(4,5)1(6)7/h7-8,17H,1-6H2;(H,6,7). The average molecular weight is 559 g/mol. The average Bonchev–Trinajstić information content (AvgIpc) is 3.44. The summed E-state index contributed by atoms with van der Waals surface area (Å²) in [6.45, 7) is 3.55. The fourth-order valence-corrected chi connectivity index (χ4v) is 3.94. The number of fused-ring (bicyclic) bond motifs is 1. The van der Waals surface area contributed by atoms with Gasteiger partial charge in [0.1, 0.15) is 4.47 Å². The fourth-order valence-electron chi connectivity index (χ4n) is 3.09. The third kappa shape index (κ3) is 4.70. The second kappa shape index (κ2) is 8.67. The Kier molecular flexibility index (Phi) is 6.57. The van der Waals surface area contributed by atoms with E-state index in [4.69, 9.17) is 9.90 Å². The van der Waals surface area contributed by atoms with Crippen molar-refractivity contribution in [3.05, 3.63) is 25.1 Å². The number of hydrogen-bond donors (Lipinski definition) is 2. The number of aliphatic carboxylic acids is 1. The number of imidazole rings is 1. The van der Waals surface area contributed by atoms with Gasteiger partial charge in [0.25, 0.3) is 0 Å². The molecule has 0 spiro atoms. The van der Waals surface area contributed by atoms with Crippen LogP contribution in [0.3, 0.4) is 0 Å². The zero-order valence-corrected chi connectivity index (χ0v) is 18.4. The number of piperazine rings is 1. The van der Waals surface area contributed by atoms with E-state index in [1.54, 1.807) is 0 Å². The summed E-state index contributed by atoms with van der Waals surface area (Å²) in [5.41, 5.74) is 1.33. The Labute approximate surface area is 184 Å². The van der Waals surface area contributed by atoms with Crippen LogP contribution >= 0.6 is 31.9 Å². The van der Waals surface area contributed by atoms with E-state index in [1.807, 2.05) is 6.07 Å². The monoisotopic (exact) mass is 557 g/mol.